The Morgan fingerprint density at radius 2 is 2.26 bits per heavy atom. The molecule has 0 aliphatic heterocycles. The average Bonchev–Trinajstić information content (AvgIpc) is 2.40. The molecule has 0 aromatic heterocycles. The number of hydrogen-bond donors (Lipinski definition) is 1. The molecule has 0 aliphatic carbocycles. The van der Waals surface area contributed by atoms with Crippen molar-refractivity contribution in [3.05, 3.63) is 33.9 Å². The van der Waals surface area contributed by atoms with E-state index in [1.54, 1.807) is 33.0 Å². The monoisotopic (exact) mass is 263 g/mol. The molecule has 0 bridgehead atoms. The first kappa shape index (κ1) is 14.9. The van der Waals surface area contributed by atoms with Crippen LogP contribution in [0.1, 0.15) is 18.9 Å². The maximum atomic E-state index is 10.9. The summed E-state index contributed by atoms with van der Waals surface area (Å²) in [7, 11) is 1.69. The Kier molecular flexibility index (Phi) is 4.84. The number of nitriles is 1. The number of nitrogens with zero attached hydrogens (tertiary/aromatic N) is 2. The Labute approximate surface area is 112 Å². The van der Waals surface area contributed by atoms with Crippen LogP contribution in [0, 0.1) is 28.4 Å². The first-order chi connectivity index (χ1) is 8.91. The van der Waals surface area contributed by atoms with E-state index in [4.69, 9.17) is 10.00 Å². The standard InChI is InChI=1S/C13H17N3O3/c1-10-4-5-12(11(8-10)16(17)18)19-7-6-13(2,9-14)15-3/h4-5,8,15H,6-7H2,1-3H3. The second-order valence-electron chi connectivity index (χ2n) is 4.52. The van der Waals surface area contributed by atoms with Gasteiger partial charge in [-0.15, -0.1) is 0 Å². The Bertz CT molecular complexity index is 510. The largest absolute Gasteiger partial charge is 0.487 e. The minimum absolute atomic E-state index is 0.0527. The van der Waals surface area contributed by atoms with E-state index in [1.165, 1.54) is 6.07 Å². The van der Waals surface area contributed by atoms with Crippen LogP contribution in [0.5, 0.6) is 5.75 Å². The van der Waals surface area contributed by atoms with Crippen molar-refractivity contribution in [2.75, 3.05) is 13.7 Å². The minimum Gasteiger partial charge on any atom is -0.487 e. The SMILES string of the molecule is CNC(C)(C#N)CCOc1ccc(C)cc1[N+](=O)[O-]. The van der Waals surface area contributed by atoms with Gasteiger partial charge in [0.25, 0.3) is 0 Å². The van der Waals surface area contributed by atoms with E-state index in [2.05, 4.69) is 11.4 Å². The Morgan fingerprint density at radius 1 is 1.58 bits per heavy atom. The van der Waals surface area contributed by atoms with Crippen LogP contribution < -0.4 is 10.1 Å². The molecule has 1 unspecified atom stereocenters. The lowest BCUT2D eigenvalue weighted by atomic mass is 10.0. The summed E-state index contributed by atoms with van der Waals surface area (Å²) < 4.78 is 5.42. The summed E-state index contributed by atoms with van der Waals surface area (Å²) in [6, 6.07) is 6.94. The third kappa shape index (κ3) is 3.93. The first-order valence-corrected chi connectivity index (χ1v) is 5.90. The van der Waals surface area contributed by atoms with Crippen LogP contribution in [-0.2, 0) is 0 Å². The number of nitro groups is 1. The molecule has 0 fully saturated rings. The molecule has 6 nitrogen and oxygen atoms in total. The number of benzene rings is 1. The van der Waals surface area contributed by atoms with Crippen molar-refractivity contribution >= 4 is 5.69 Å². The fraction of sp³-hybridized carbons (Fsp3) is 0.462. The fourth-order valence-corrected chi connectivity index (χ4v) is 1.49. The van der Waals surface area contributed by atoms with E-state index in [-0.39, 0.29) is 18.0 Å². The van der Waals surface area contributed by atoms with Crippen LogP contribution >= 0.6 is 0 Å². The molecule has 1 rings (SSSR count). The molecule has 1 N–H and O–H groups in total. The summed E-state index contributed by atoms with van der Waals surface area (Å²) >= 11 is 0. The topological polar surface area (TPSA) is 88.2 Å². The summed E-state index contributed by atoms with van der Waals surface area (Å²) in [5, 5.41) is 22.8. The molecule has 102 valence electrons. The minimum atomic E-state index is -0.695. The second kappa shape index (κ2) is 6.16. The molecular formula is C13H17N3O3. The zero-order valence-electron chi connectivity index (χ0n) is 11.3. The van der Waals surface area contributed by atoms with E-state index in [0.717, 1.165) is 5.56 Å². The third-order valence-electron chi connectivity index (χ3n) is 2.97. The van der Waals surface area contributed by atoms with Crippen molar-refractivity contribution in [3.8, 4) is 11.8 Å². The van der Waals surface area contributed by atoms with E-state index < -0.39 is 10.5 Å². The number of nitrogens with one attached hydrogen (secondary N) is 1. The molecule has 0 saturated heterocycles. The van der Waals surface area contributed by atoms with E-state index in [9.17, 15) is 10.1 Å². The van der Waals surface area contributed by atoms with Gasteiger partial charge in [0, 0.05) is 12.5 Å². The van der Waals surface area contributed by atoms with Crippen molar-refractivity contribution < 1.29 is 9.66 Å². The molecule has 1 aromatic rings. The summed E-state index contributed by atoms with van der Waals surface area (Å²) in [6.07, 6.45) is 0.436. The highest BCUT2D eigenvalue weighted by molar-refractivity contribution is 5.48. The summed E-state index contributed by atoms with van der Waals surface area (Å²) in [5.74, 6) is 0.229. The van der Waals surface area contributed by atoms with Gasteiger partial charge in [-0.25, -0.2) is 0 Å². The zero-order chi connectivity index (χ0) is 14.5. The van der Waals surface area contributed by atoms with Gasteiger partial charge in [-0.3, -0.25) is 10.1 Å². The van der Waals surface area contributed by atoms with Gasteiger partial charge in [-0.2, -0.15) is 5.26 Å². The molecule has 0 saturated carbocycles. The number of ether oxygens (including phenoxy) is 1. The number of rotatable bonds is 6. The summed E-state index contributed by atoms with van der Waals surface area (Å²) in [4.78, 5) is 10.4. The lowest BCUT2D eigenvalue weighted by Gasteiger charge is -2.20. The fourth-order valence-electron chi connectivity index (χ4n) is 1.49. The lowest BCUT2D eigenvalue weighted by molar-refractivity contribution is -0.385. The quantitative estimate of drug-likeness (QED) is 0.627. The van der Waals surface area contributed by atoms with Gasteiger partial charge in [0.05, 0.1) is 17.6 Å². The molecule has 1 aromatic carbocycles. The van der Waals surface area contributed by atoms with Gasteiger partial charge in [0.1, 0.15) is 5.54 Å². The third-order valence-corrected chi connectivity index (χ3v) is 2.97. The predicted molar refractivity (Wildman–Crippen MR) is 71.0 cm³/mol. The van der Waals surface area contributed by atoms with Crippen molar-refractivity contribution in [2.45, 2.75) is 25.8 Å². The first-order valence-electron chi connectivity index (χ1n) is 5.90. The molecule has 1 atom stereocenters. The molecule has 6 heteroatoms. The Morgan fingerprint density at radius 3 is 2.79 bits per heavy atom. The molecule has 0 radical (unpaired) electrons. The van der Waals surface area contributed by atoms with E-state index >= 15 is 0 Å². The van der Waals surface area contributed by atoms with Crippen molar-refractivity contribution in [1.29, 1.82) is 5.26 Å². The highest BCUT2D eigenvalue weighted by atomic mass is 16.6. The normalized spacial score (nSPS) is 13.4. The summed E-state index contributed by atoms with van der Waals surface area (Å²) in [5.41, 5.74) is 0.0543. The smallest absolute Gasteiger partial charge is 0.311 e. The Hall–Kier alpha value is -2.13. The average molecular weight is 263 g/mol. The molecule has 0 aliphatic rings. The van der Waals surface area contributed by atoms with Crippen LogP contribution in [0.2, 0.25) is 0 Å². The van der Waals surface area contributed by atoms with Crippen LogP contribution in [-0.4, -0.2) is 24.1 Å². The molecule has 0 heterocycles. The van der Waals surface area contributed by atoms with Crippen LogP contribution in [0.25, 0.3) is 0 Å². The van der Waals surface area contributed by atoms with Crippen molar-refractivity contribution in [3.63, 3.8) is 0 Å². The Balaban J connectivity index is 2.74. The zero-order valence-corrected chi connectivity index (χ0v) is 11.3. The van der Waals surface area contributed by atoms with Crippen LogP contribution in [0.3, 0.4) is 0 Å². The van der Waals surface area contributed by atoms with E-state index in [0.29, 0.717) is 6.42 Å². The molecule has 0 spiro atoms. The summed E-state index contributed by atoms with van der Waals surface area (Å²) in [6.45, 7) is 3.76. The molecular weight excluding hydrogens is 246 g/mol. The number of hydrogen-bond acceptors (Lipinski definition) is 5. The van der Waals surface area contributed by atoms with Gasteiger partial charge in [-0.1, -0.05) is 6.07 Å². The van der Waals surface area contributed by atoms with Crippen LogP contribution in [0.4, 0.5) is 5.69 Å². The van der Waals surface area contributed by atoms with Crippen molar-refractivity contribution in [1.82, 2.24) is 5.32 Å². The lowest BCUT2D eigenvalue weighted by Crippen LogP contribution is -2.39. The van der Waals surface area contributed by atoms with Crippen LogP contribution in [0.15, 0.2) is 18.2 Å². The van der Waals surface area contributed by atoms with Gasteiger partial charge >= 0.3 is 5.69 Å². The highest BCUT2D eigenvalue weighted by Crippen LogP contribution is 2.28. The van der Waals surface area contributed by atoms with Crippen molar-refractivity contribution in [2.24, 2.45) is 0 Å². The maximum Gasteiger partial charge on any atom is 0.311 e. The molecule has 19 heavy (non-hydrogen) atoms. The van der Waals surface area contributed by atoms with Gasteiger partial charge in [0.15, 0.2) is 5.75 Å². The maximum absolute atomic E-state index is 10.9. The highest BCUT2D eigenvalue weighted by Gasteiger charge is 2.22. The van der Waals surface area contributed by atoms with E-state index in [1.807, 2.05) is 0 Å². The second-order valence-corrected chi connectivity index (χ2v) is 4.52. The molecule has 0 amide bonds. The predicted octanol–water partition coefficient (Wildman–Crippen LogP) is 2.17. The van der Waals surface area contributed by atoms with Gasteiger partial charge in [-0.05, 0) is 32.5 Å². The number of nitro benzene ring substituents is 1. The van der Waals surface area contributed by atoms with Gasteiger partial charge < -0.3 is 10.1 Å². The number of aryl methyl sites for hydroxylation is 1. The van der Waals surface area contributed by atoms with Gasteiger partial charge in [0.2, 0.25) is 0 Å².